The number of aliphatic imine (C=N–C) groups is 1. The summed E-state index contributed by atoms with van der Waals surface area (Å²) >= 11 is 0. The van der Waals surface area contributed by atoms with Crippen LogP contribution in [-0.2, 0) is 11.2 Å². The van der Waals surface area contributed by atoms with E-state index in [9.17, 15) is 0 Å². The molecule has 6 heteroatoms. The molecule has 2 aliphatic rings. The highest BCUT2D eigenvalue weighted by Crippen LogP contribution is 2.18. The van der Waals surface area contributed by atoms with Crippen LogP contribution in [0, 0.1) is 0 Å². The van der Waals surface area contributed by atoms with Crippen molar-refractivity contribution >= 4 is 29.9 Å². The molecule has 1 saturated carbocycles. The fourth-order valence-electron chi connectivity index (χ4n) is 3.53. The highest BCUT2D eigenvalue weighted by Gasteiger charge is 2.17. The second-order valence-electron chi connectivity index (χ2n) is 6.89. The Hall–Kier alpha value is -0.760. The largest absolute Gasteiger partial charge is 0.469 e. The molecule has 3 rings (SSSR count). The number of ether oxygens (including phenoxy) is 1. The van der Waals surface area contributed by atoms with Crippen molar-refractivity contribution in [2.45, 2.75) is 69.9 Å². The van der Waals surface area contributed by atoms with E-state index in [1.54, 1.807) is 6.26 Å². The first-order valence-corrected chi connectivity index (χ1v) is 9.59. The fourth-order valence-corrected chi connectivity index (χ4v) is 3.53. The van der Waals surface area contributed by atoms with Gasteiger partial charge in [0.2, 0.25) is 0 Å². The Balaban J connectivity index is 0.00000225. The summed E-state index contributed by atoms with van der Waals surface area (Å²) in [4.78, 5) is 4.78. The Morgan fingerprint density at radius 2 is 2.00 bits per heavy atom. The lowest BCUT2D eigenvalue weighted by Gasteiger charge is -2.22. The van der Waals surface area contributed by atoms with Gasteiger partial charge in [0.1, 0.15) is 5.76 Å². The van der Waals surface area contributed by atoms with Gasteiger partial charge in [-0.3, -0.25) is 4.99 Å². The molecule has 0 radical (unpaired) electrons. The van der Waals surface area contributed by atoms with Crippen molar-refractivity contribution in [2.75, 3.05) is 19.7 Å². The first-order valence-electron chi connectivity index (χ1n) is 9.59. The maximum atomic E-state index is 5.80. The van der Waals surface area contributed by atoms with E-state index in [1.807, 2.05) is 12.1 Å². The predicted octanol–water partition coefficient (Wildman–Crippen LogP) is 3.88. The molecule has 142 valence electrons. The predicted molar refractivity (Wildman–Crippen MR) is 112 cm³/mol. The van der Waals surface area contributed by atoms with Gasteiger partial charge in [-0.05, 0) is 50.7 Å². The van der Waals surface area contributed by atoms with E-state index in [0.29, 0.717) is 12.1 Å². The summed E-state index contributed by atoms with van der Waals surface area (Å²) in [6, 6.07) is 4.53. The van der Waals surface area contributed by atoms with Gasteiger partial charge in [-0.25, -0.2) is 0 Å². The zero-order valence-electron chi connectivity index (χ0n) is 15.0. The summed E-state index contributed by atoms with van der Waals surface area (Å²) in [7, 11) is 0. The van der Waals surface area contributed by atoms with E-state index in [2.05, 4.69) is 10.6 Å². The Kier molecular flexibility index (Phi) is 9.68. The molecular formula is C19H32IN3O2. The average molecular weight is 461 g/mol. The molecule has 5 nitrogen and oxygen atoms in total. The lowest BCUT2D eigenvalue weighted by atomic mass is 10.1. The number of furan rings is 1. The molecule has 0 amide bonds. The van der Waals surface area contributed by atoms with Gasteiger partial charge in [0, 0.05) is 32.2 Å². The van der Waals surface area contributed by atoms with Crippen molar-refractivity contribution in [3.8, 4) is 0 Å². The number of halogens is 1. The van der Waals surface area contributed by atoms with Gasteiger partial charge < -0.3 is 19.8 Å². The zero-order valence-corrected chi connectivity index (χ0v) is 17.4. The summed E-state index contributed by atoms with van der Waals surface area (Å²) in [6.07, 6.45) is 12.9. The molecule has 25 heavy (non-hydrogen) atoms. The molecule has 2 N–H and O–H groups in total. The van der Waals surface area contributed by atoms with Crippen molar-refractivity contribution in [3.05, 3.63) is 24.2 Å². The Morgan fingerprint density at radius 3 is 2.72 bits per heavy atom. The topological polar surface area (TPSA) is 58.8 Å². The lowest BCUT2D eigenvalue weighted by molar-refractivity contribution is 0.0129. The van der Waals surface area contributed by atoms with Crippen LogP contribution in [0.5, 0.6) is 0 Å². The minimum Gasteiger partial charge on any atom is -0.469 e. The third-order valence-corrected chi connectivity index (χ3v) is 4.93. The van der Waals surface area contributed by atoms with E-state index < -0.39 is 0 Å². The number of hydrogen-bond acceptors (Lipinski definition) is 3. The number of hydrogen-bond donors (Lipinski definition) is 2. The quantitative estimate of drug-likeness (QED) is 0.368. The molecule has 1 aliphatic heterocycles. The van der Waals surface area contributed by atoms with Gasteiger partial charge in [-0.1, -0.05) is 12.8 Å². The van der Waals surface area contributed by atoms with Crippen LogP contribution in [0.3, 0.4) is 0 Å². The number of nitrogens with zero attached hydrogens (tertiary/aromatic N) is 1. The molecule has 0 bridgehead atoms. The highest BCUT2D eigenvalue weighted by molar-refractivity contribution is 14.0. The molecule has 1 saturated heterocycles. The minimum atomic E-state index is 0. The number of guanidine groups is 1. The van der Waals surface area contributed by atoms with E-state index in [4.69, 9.17) is 14.1 Å². The highest BCUT2D eigenvalue weighted by atomic mass is 127. The summed E-state index contributed by atoms with van der Waals surface area (Å²) < 4.78 is 11.2. The monoisotopic (exact) mass is 461 g/mol. The molecule has 1 unspecified atom stereocenters. The summed E-state index contributed by atoms with van der Waals surface area (Å²) in [5.41, 5.74) is 0. The number of rotatable bonds is 7. The Morgan fingerprint density at radius 1 is 1.16 bits per heavy atom. The Bertz CT molecular complexity index is 481. The van der Waals surface area contributed by atoms with Gasteiger partial charge in [0.05, 0.1) is 12.4 Å². The first kappa shape index (κ1) is 20.6. The standard InChI is InChI=1S/C19H31N3O2.HI/c1-2-7-16(6-1)22-19(21-13-11-18-9-5-15-24-18)20-12-10-17-8-3-4-14-23-17;/h5,9,15-17H,1-4,6-8,10-14H2,(H2,20,21,22);1H. The van der Waals surface area contributed by atoms with Crippen molar-refractivity contribution in [1.82, 2.24) is 10.6 Å². The number of nitrogens with one attached hydrogen (secondary N) is 2. The van der Waals surface area contributed by atoms with Gasteiger partial charge in [0.25, 0.3) is 0 Å². The van der Waals surface area contributed by atoms with Crippen molar-refractivity contribution in [3.63, 3.8) is 0 Å². The van der Waals surface area contributed by atoms with Crippen LogP contribution in [0.15, 0.2) is 27.8 Å². The maximum Gasteiger partial charge on any atom is 0.191 e. The summed E-state index contributed by atoms with van der Waals surface area (Å²) in [6.45, 7) is 2.59. The van der Waals surface area contributed by atoms with Crippen LogP contribution >= 0.6 is 24.0 Å². The second kappa shape index (κ2) is 11.8. The summed E-state index contributed by atoms with van der Waals surface area (Å²) in [5.74, 6) is 1.96. The molecule has 1 atom stereocenters. The molecule has 1 aromatic heterocycles. The van der Waals surface area contributed by atoms with Crippen molar-refractivity contribution in [2.24, 2.45) is 4.99 Å². The van der Waals surface area contributed by atoms with Crippen LogP contribution in [0.2, 0.25) is 0 Å². The van der Waals surface area contributed by atoms with Crippen LogP contribution in [0.1, 0.15) is 57.1 Å². The van der Waals surface area contributed by atoms with Crippen LogP contribution < -0.4 is 10.6 Å². The van der Waals surface area contributed by atoms with Crippen molar-refractivity contribution in [1.29, 1.82) is 0 Å². The minimum absolute atomic E-state index is 0. The smallest absolute Gasteiger partial charge is 0.191 e. The summed E-state index contributed by atoms with van der Waals surface area (Å²) in [5, 5.41) is 7.06. The SMILES string of the molecule is I.c1coc(CCNC(=NCCC2CCCCO2)NC2CCCC2)c1. The lowest BCUT2D eigenvalue weighted by Crippen LogP contribution is -2.43. The van der Waals surface area contributed by atoms with E-state index >= 15 is 0 Å². The normalized spacial score (nSPS) is 21.8. The van der Waals surface area contributed by atoms with Crippen LogP contribution in [0.4, 0.5) is 0 Å². The third kappa shape index (κ3) is 7.56. The van der Waals surface area contributed by atoms with Gasteiger partial charge in [-0.15, -0.1) is 24.0 Å². The second-order valence-corrected chi connectivity index (χ2v) is 6.89. The average Bonchev–Trinajstić information content (AvgIpc) is 3.29. The van der Waals surface area contributed by atoms with E-state index in [1.165, 1.54) is 44.9 Å². The van der Waals surface area contributed by atoms with E-state index in [-0.39, 0.29) is 24.0 Å². The van der Waals surface area contributed by atoms with Crippen molar-refractivity contribution < 1.29 is 9.15 Å². The van der Waals surface area contributed by atoms with Gasteiger partial charge in [-0.2, -0.15) is 0 Å². The maximum absolute atomic E-state index is 5.80. The fraction of sp³-hybridized carbons (Fsp3) is 0.737. The molecule has 2 heterocycles. The molecule has 0 spiro atoms. The first-order chi connectivity index (χ1) is 11.9. The van der Waals surface area contributed by atoms with Gasteiger partial charge in [0.15, 0.2) is 5.96 Å². The Labute approximate surface area is 168 Å². The van der Waals surface area contributed by atoms with Crippen LogP contribution in [0.25, 0.3) is 0 Å². The molecular weight excluding hydrogens is 429 g/mol. The zero-order chi connectivity index (χ0) is 16.5. The van der Waals surface area contributed by atoms with Gasteiger partial charge >= 0.3 is 0 Å². The molecule has 0 aromatic carbocycles. The van der Waals surface area contributed by atoms with E-state index in [0.717, 1.165) is 44.3 Å². The van der Waals surface area contributed by atoms with Crippen LogP contribution in [-0.4, -0.2) is 37.8 Å². The molecule has 1 aromatic rings. The molecule has 1 aliphatic carbocycles. The third-order valence-electron chi connectivity index (χ3n) is 4.93. The molecule has 2 fully saturated rings.